The summed E-state index contributed by atoms with van der Waals surface area (Å²) in [5.74, 6) is 0.522. The first-order valence-corrected chi connectivity index (χ1v) is 8.14. The van der Waals surface area contributed by atoms with Crippen LogP contribution >= 0.6 is 11.6 Å². The van der Waals surface area contributed by atoms with Crippen molar-refractivity contribution in [3.8, 4) is 11.1 Å². The molecule has 3 heterocycles. The van der Waals surface area contributed by atoms with Gasteiger partial charge in [0.1, 0.15) is 23.6 Å². The molecule has 1 aliphatic heterocycles. The summed E-state index contributed by atoms with van der Waals surface area (Å²) in [5.41, 5.74) is 2.59. The Morgan fingerprint density at radius 3 is 2.74 bits per heavy atom. The average Bonchev–Trinajstić information content (AvgIpc) is 3.02. The maximum absolute atomic E-state index is 13.5. The zero-order valence-electron chi connectivity index (χ0n) is 12.5. The van der Waals surface area contributed by atoms with Gasteiger partial charge in [0.15, 0.2) is 0 Å². The number of benzene rings is 1. The Hall–Kier alpha value is -2.14. The van der Waals surface area contributed by atoms with Crippen LogP contribution in [0.2, 0.25) is 5.02 Å². The molecule has 1 aliphatic rings. The first-order chi connectivity index (χ1) is 11.2. The lowest BCUT2D eigenvalue weighted by atomic mass is 10.0. The summed E-state index contributed by atoms with van der Waals surface area (Å²) in [6, 6.07) is 4.77. The number of hydrogen-bond donors (Lipinski definition) is 1. The highest BCUT2D eigenvalue weighted by Crippen LogP contribution is 2.35. The summed E-state index contributed by atoms with van der Waals surface area (Å²) < 4.78 is 13.5. The van der Waals surface area contributed by atoms with Crippen molar-refractivity contribution < 1.29 is 4.39 Å². The Labute approximate surface area is 138 Å². The van der Waals surface area contributed by atoms with Crippen molar-refractivity contribution in [3.63, 3.8) is 0 Å². The Bertz CT molecular complexity index is 855. The average molecular weight is 331 g/mol. The second-order valence-electron chi connectivity index (χ2n) is 5.80. The molecule has 0 amide bonds. The van der Waals surface area contributed by atoms with Gasteiger partial charge >= 0.3 is 0 Å². The number of halogens is 2. The van der Waals surface area contributed by atoms with Crippen molar-refractivity contribution in [1.29, 1.82) is 0 Å². The predicted molar refractivity (Wildman–Crippen MR) is 90.4 cm³/mol. The highest BCUT2D eigenvalue weighted by molar-refractivity contribution is 6.31. The Morgan fingerprint density at radius 2 is 1.96 bits per heavy atom. The van der Waals surface area contributed by atoms with Gasteiger partial charge in [0.2, 0.25) is 0 Å². The molecule has 23 heavy (non-hydrogen) atoms. The molecule has 0 atom stereocenters. The van der Waals surface area contributed by atoms with Crippen molar-refractivity contribution in [2.24, 2.45) is 0 Å². The number of anilines is 1. The van der Waals surface area contributed by atoms with Gasteiger partial charge in [-0.2, -0.15) is 0 Å². The fraction of sp³-hybridized carbons (Fsp3) is 0.294. The van der Waals surface area contributed by atoms with Crippen LogP contribution in [0.15, 0.2) is 30.7 Å². The van der Waals surface area contributed by atoms with E-state index in [2.05, 4.69) is 19.9 Å². The van der Waals surface area contributed by atoms with Gasteiger partial charge in [-0.15, -0.1) is 0 Å². The van der Waals surface area contributed by atoms with Crippen LogP contribution in [0, 0.1) is 5.82 Å². The predicted octanol–water partition coefficient (Wildman–Crippen LogP) is 4.41. The molecule has 0 aliphatic carbocycles. The molecular weight excluding hydrogens is 315 g/mol. The maximum atomic E-state index is 13.5. The minimum atomic E-state index is -0.414. The van der Waals surface area contributed by atoms with E-state index in [4.69, 9.17) is 11.6 Å². The van der Waals surface area contributed by atoms with Crippen LogP contribution in [0.4, 0.5) is 10.2 Å². The number of piperidine rings is 1. The monoisotopic (exact) mass is 330 g/mol. The summed E-state index contributed by atoms with van der Waals surface area (Å²) in [6.07, 6.45) is 7.08. The number of H-pyrrole nitrogens is 1. The molecule has 118 valence electrons. The number of hydrogen-bond acceptors (Lipinski definition) is 3. The van der Waals surface area contributed by atoms with Crippen LogP contribution in [0.1, 0.15) is 19.3 Å². The number of fused-ring (bicyclic) bond motifs is 1. The van der Waals surface area contributed by atoms with E-state index < -0.39 is 5.82 Å². The van der Waals surface area contributed by atoms with E-state index in [-0.39, 0.29) is 5.02 Å². The first kappa shape index (κ1) is 14.5. The highest BCUT2D eigenvalue weighted by Gasteiger charge is 2.19. The van der Waals surface area contributed by atoms with Gasteiger partial charge in [0, 0.05) is 24.8 Å². The molecule has 0 bridgehead atoms. The standard InChI is InChI=1S/C17H16ClFN4/c18-13-8-11(4-5-14(13)19)12-9-20-16-15(12)17(22-10-21-16)23-6-2-1-3-7-23/h4-5,8-10H,1-3,6-7H2,(H,20,21,22). The third-order valence-corrected chi connectivity index (χ3v) is 4.63. The summed E-state index contributed by atoms with van der Waals surface area (Å²) in [5, 5.41) is 1.09. The minimum absolute atomic E-state index is 0.119. The molecule has 2 aromatic heterocycles. The van der Waals surface area contributed by atoms with Crippen LogP contribution in [0.25, 0.3) is 22.2 Å². The number of aromatic nitrogens is 3. The topological polar surface area (TPSA) is 44.8 Å². The van der Waals surface area contributed by atoms with Crippen molar-refractivity contribution in [3.05, 3.63) is 41.6 Å². The molecule has 0 saturated carbocycles. The lowest BCUT2D eigenvalue weighted by Crippen LogP contribution is -2.30. The van der Waals surface area contributed by atoms with Gasteiger partial charge in [0.25, 0.3) is 0 Å². The van der Waals surface area contributed by atoms with Crippen LogP contribution in [-0.2, 0) is 0 Å². The van der Waals surface area contributed by atoms with E-state index in [1.54, 1.807) is 18.5 Å². The second kappa shape index (κ2) is 5.81. The summed E-state index contributed by atoms with van der Waals surface area (Å²) in [6.45, 7) is 2.00. The first-order valence-electron chi connectivity index (χ1n) is 7.76. The minimum Gasteiger partial charge on any atom is -0.356 e. The van der Waals surface area contributed by atoms with Crippen molar-refractivity contribution in [1.82, 2.24) is 15.0 Å². The summed E-state index contributed by atoms with van der Waals surface area (Å²) in [7, 11) is 0. The Balaban J connectivity index is 1.88. The molecular formula is C17H16ClFN4. The van der Waals surface area contributed by atoms with Gasteiger partial charge in [-0.25, -0.2) is 14.4 Å². The van der Waals surface area contributed by atoms with E-state index in [0.717, 1.165) is 41.1 Å². The molecule has 1 aromatic carbocycles. The van der Waals surface area contributed by atoms with E-state index in [0.29, 0.717) is 0 Å². The van der Waals surface area contributed by atoms with Crippen LogP contribution < -0.4 is 4.90 Å². The molecule has 0 spiro atoms. The Kier molecular flexibility index (Phi) is 3.65. The SMILES string of the molecule is Fc1ccc(-c2c[nH]c3ncnc(N4CCCCC4)c23)cc1Cl. The number of nitrogens with one attached hydrogen (secondary N) is 1. The van der Waals surface area contributed by atoms with E-state index >= 15 is 0 Å². The molecule has 0 radical (unpaired) electrons. The van der Waals surface area contributed by atoms with Crippen LogP contribution in [-0.4, -0.2) is 28.0 Å². The molecule has 3 aromatic rings. The lowest BCUT2D eigenvalue weighted by molar-refractivity contribution is 0.574. The van der Waals surface area contributed by atoms with E-state index in [1.165, 1.54) is 25.3 Å². The van der Waals surface area contributed by atoms with Gasteiger partial charge < -0.3 is 9.88 Å². The highest BCUT2D eigenvalue weighted by atomic mass is 35.5. The summed E-state index contributed by atoms with van der Waals surface area (Å²) >= 11 is 5.94. The molecule has 0 unspecified atom stereocenters. The lowest BCUT2D eigenvalue weighted by Gasteiger charge is -2.28. The third kappa shape index (κ3) is 2.55. The van der Waals surface area contributed by atoms with Crippen LogP contribution in [0.5, 0.6) is 0 Å². The molecule has 4 rings (SSSR count). The fourth-order valence-electron chi connectivity index (χ4n) is 3.18. The summed E-state index contributed by atoms with van der Waals surface area (Å²) in [4.78, 5) is 14.3. The van der Waals surface area contributed by atoms with Crippen LogP contribution in [0.3, 0.4) is 0 Å². The molecule has 1 N–H and O–H groups in total. The van der Waals surface area contributed by atoms with Gasteiger partial charge in [-0.1, -0.05) is 17.7 Å². The van der Waals surface area contributed by atoms with Gasteiger partial charge in [0.05, 0.1) is 10.4 Å². The number of aromatic amines is 1. The smallest absolute Gasteiger partial charge is 0.143 e. The third-order valence-electron chi connectivity index (χ3n) is 4.34. The van der Waals surface area contributed by atoms with E-state index in [9.17, 15) is 4.39 Å². The quantitative estimate of drug-likeness (QED) is 0.757. The number of rotatable bonds is 2. The zero-order valence-corrected chi connectivity index (χ0v) is 13.3. The van der Waals surface area contributed by atoms with E-state index in [1.807, 2.05) is 6.20 Å². The fourth-order valence-corrected chi connectivity index (χ4v) is 3.36. The molecule has 6 heteroatoms. The molecule has 1 saturated heterocycles. The largest absolute Gasteiger partial charge is 0.356 e. The van der Waals surface area contributed by atoms with Gasteiger partial charge in [-0.05, 0) is 37.0 Å². The molecule has 4 nitrogen and oxygen atoms in total. The van der Waals surface area contributed by atoms with Crippen molar-refractivity contribution >= 4 is 28.5 Å². The van der Waals surface area contributed by atoms with Gasteiger partial charge in [-0.3, -0.25) is 0 Å². The molecule has 1 fully saturated rings. The Morgan fingerprint density at radius 1 is 1.13 bits per heavy atom. The second-order valence-corrected chi connectivity index (χ2v) is 6.21. The normalized spacial score (nSPS) is 15.3. The number of nitrogens with zero attached hydrogens (tertiary/aromatic N) is 3. The maximum Gasteiger partial charge on any atom is 0.143 e. The van der Waals surface area contributed by atoms with Crippen molar-refractivity contribution in [2.45, 2.75) is 19.3 Å². The van der Waals surface area contributed by atoms with Crippen molar-refractivity contribution in [2.75, 3.05) is 18.0 Å². The zero-order chi connectivity index (χ0) is 15.8.